The van der Waals surface area contributed by atoms with Crippen molar-refractivity contribution in [3.8, 4) is 17.2 Å². The second-order valence-electron chi connectivity index (χ2n) is 6.73. The molecule has 0 aromatic heterocycles. The molecule has 5 heteroatoms. The van der Waals surface area contributed by atoms with Gasteiger partial charge in [0.15, 0.2) is 11.5 Å². The van der Waals surface area contributed by atoms with E-state index in [0.717, 1.165) is 35.8 Å². The Kier molecular flexibility index (Phi) is 6.74. The maximum absolute atomic E-state index is 10.4. The average molecular weight is 369 g/mol. The molecular weight excluding hydrogens is 342 g/mol. The highest BCUT2D eigenvalue weighted by Gasteiger charge is 2.17. The molecule has 5 nitrogen and oxygen atoms in total. The maximum atomic E-state index is 10.4. The molecule has 2 aromatic carbocycles. The molecule has 0 unspecified atom stereocenters. The number of allylic oxidation sites excluding steroid dienone is 1. The van der Waals surface area contributed by atoms with Gasteiger partial charge in [0.25, 0.3) is 0 Å². The molecule has 0 saturated heterocycles. The molecular formula is C22H27NO4. The van der Waals surface area contributed by atoms with E-state index >= 15 is 0 Å². The maximum Gasteiger partial charge on any atom is 0.231 e. The molecule has 0 spiro atoms. The van der Waals surface area contributed by atoms with Crippen LogP contribution >= 0.6 is 0 Å². The first kappa shape index (κ1) is 19.3. The Morgan fingerprint density at radius 1 is 1.11 bits per heavy atom. The molecule has 0 fully saturated rings. The molecule has 2 aromatic rings. The monoisotopic (exact) mass is 369 g/mol. The fourth-order valence-corrected chi connectivity index (χ4v) is 3.17. The van der Waals surface area contributed by atoms with E-state index in [0.29, 0.717) is 19.5 Å². The predicted octanol–water partition coefficient (Wildman–Crippen LogP) is 3.75. The van der Waals surface area contributed by atoms with Gasteiger partial charge in [0.2, 0.25) is 6.79 Å². The Bertz CT molecular complexity index is 744. The summed E-state index contributed by atoms with van der Waals surface area (Å²) < 4.78 is 16.1. The van der Waals surface area contributed by atoms with Crippen molar-refractivity contribution in [3.05, 3.63) is 66.2 Å². The van der Waals surface area contributed by atoms with Gasteiger partial charge in [-0.3, -0.25) is 4.90 Å². The van der Waals surface area contributed by atoms with Crippen LogP contribution in [0.25, 0.3) is 0 Å². The highest BCUT2D eigenvalue weighted by atomic mass is 16.7. The topological polar surface area (TPSA) is 51.2 Å². The molecule has 0 amide bonds. The Morgan fingerprint density at radius 2 is 1.81 bits per heavy atom. The number of benzene rings is 2. The number of aliphatic hydroxyl groups is 1. The minimum atomic E-state index is -0.393. The van der Waals surface area contributed by atoms with Gasteiger partial charge in [-0.1, -0.05) is 24.3 Å². The lowest BCUT2D eigenvalue weighted by atomic mass is 10.1. The van der Waals surface area contributed by atoms with Gasteiger partial charge < -0.3 is 19.3 Å². The van der Waals surface area contributed by atoms with E-state index in [1.165, 1.54) is 5.56 Å². The standard InChI is InChI=1S/C22H27NO4/c1-3-4-5-19(24)15-23(13-17-6-9-20(25-2)10-7-17)14-18-8-11-21-22(12-18)27-16-26-21/h3,6-12,19,24H,1,4-5,13-16H2,2H3/t19-/m1/s1. The zero-order valence-corrected chi connectivity index (χ0v) is 15.8. The predicted molar refractivity (Wildman–Crippen MR) is 105 cm³/mol. The van der Waals surface area contributed by atoms with Crippen LogP contribution in [0.1, 0.15) is 24.0 Å². The Morgan fingerprint density at radius 3 is 2.56 bits per heavy atom. The van der Waals surface area contributed by atoms with Crippen molar-refractivity contribution in [1.29, 1.82) is 0 Å². The van der Waals surface area contributed by atoms with Crippen LogP contribution in [0.5, 0.6) is 17.2 Å². The molecule has 0 radical (unpaired) electrons. The van der Waals surface area contributed by atoms with Crippen LogP contribution in [0, 0.1) is 0 Å². The van der Waals surface area contributed by atoms with Crippen molar-refractivity contribution in [3.63, 3.8) is 0 Å². The summed E-state index contributed by atoms with van der Waals surface area (Å²) in [5.41, 5.74) is 2.30. The van der Waals surface area contributed by atoms with E-state index in [9.17, 15) is 5.11 Å². The van der Waals surface area contributed by atoms with Crippen molar-refractivity contribution in [2.45, 2.75) is 32.0 Å². The summed E-state index contributed by atoms with van der Waals surface area (Å²) in [5, 5.41) is 10.4. The summed E-state index contributed by atoms with van der Waals surface area (Å²) in [6.45, 7) is 6.05. The number of rotatable bonds is 10. The number of aliphatic hydroxyl groups excluding tert-OH is 1. The first-order chi connectivity index (χ1) is 13.2. The zero-order valence-electron chi connectivity index (χ0n) is 15.8. The quantitative estimate of drug-likeness (QED) is 0.647. The Hall–Kier alpha value is -2.50. The van der Waals surface area contributed by atoms with E-state index in [4.69, 9.17) is 14.2 Å². The van der Waals surface area contributed by atoms with Gasteiger partial charge in [-0.15, -0.1) is 6.58 Å². The summed E-state index contributed by atoms with van der Waals surface area (Å²) >= 11 is 0. The molecule has 1 N–H and O–H groups in total. The third-order valence-electron chi connectivity index (χ3n) is 4.58. The van der Waals surface area contributed by atoms with E-state index < -0.39 is 6.10 Å². The van der Waals surface area contributed by atoms with E-state index in [2.05, 4.69) is 23.6 Å². The van der Waals surface area contributed by atoms with Crippen molar-refractivity contribution >= 4 is 0 Å². The van der Waals surface area contributed by atoms with Gasteiger partial charge in [0, 0.05) is 19.6 Å². The molecule has 3 rings (SSSR count). The van der Waals surface area contributed by atoms with Crippen LogP contribution in [-0.2, 0) is 13.1 Å². The highest BCUT2D eigenvalue weighted by molar-refractivity contribution is 5.44. The van der Waals surface area contributed by atoms with Gasteiger partial charge >= 0.3 is 0 Å². The van der Waals surface area contributed by atoms with Crippen molar-refractivity contribution in [2.24, 2.45) is 0 Å². The lowest BCUT2D eigenvalue weighted by molar-refractivity contribution is 0.0983. The van der Waals surface area contributed by atoms with Gasteiger partial charge in [0.05, 0.1) is 13.2 Å². The van der Waals surface area contributed by atoms with Crippen LogP contribution in [-0.4, -0.2) is 36.6 Å². The van der Waals surface area contributed by atoms with Gasteiger partial charge in [-0.05, 0) is 48.2 Å². The van der Waals surface area contributed by atoms with E-state index in [1.54, 1.807) is 7.11 Å². The third-order valence-corrected chi connectivity index (χ3v) is 4.58. The summed E-state index contributed by atoms with van der Waals surface area (Å²) in [4.78, 5) is 2.24. The number of ether oxygens (including phenoxy) is 3. The van der Waals surface area contributed by atoms with E-state index in [1.807, 2.05) is 36.4 Å². The van der Waals surface area contributed by atoms with Crippen LogP contribution in [0.3, 0.4) is 0 Å². The first-order valence-corrected chi connectivity index (χ1v) is 9.20. The summed E-state index contributed by atoms with van der Waals surface area (Å²) in [6, 6.07) is 14.0. The molecule has 0 saturated carbocycles. The highest BCUT2D eigenvalue weighted by Crippen LogP contribution is 2.33. The fourth-order valence-electron chi connectivity index (χ4n) is 3.17. The van der Waals surface area contributed by atoms with Crippen LogP contribution in [0.15, 0.2) is 55.1 Å². The van der Waals surface area contributed by atoms with E-state index in [-0.39, 0.29) is 6.79 Å². The summed E-state index contributed by atoms with van der Waals surface area (Å²) in [5.74, 6) is 2.41. The molecule has 27 heavy (non-hydrogen) atoms. The SMILES string of the molecule is C=CCC[C@@H](O)CN(Cc1ccc(OC)cc1)Cc1ccc2c(c1)OCO2. The molecule has 1 atom stereocenters. The lowest BCUT2D eigenvalue weighted by Gasteiger charge is -2.25. The minimum absolute atomic E-state index is 0.272. The molecule has 144 valence electrons. The molecule has 1 aliphatic rings. The number of hydrogen-bond acceptors (Lipinski definition) is 5. The minimum Gasteiger partial charge on any atom is -0.497 e. The lowest BCUT2D eigenvalue weighted by Crippen LogP contribution is -2.31. The Balaban J connectivity index is 1.70. The number of nitrogens with zero attached hydrogens (tertiary/aromatic N) is 1. The summed E-state index contributed by atoms with van der Waals surface area (Å²) in [7, 11) is 1.66. The molecule has 1 aliphatic heterocycles. The largest absolute Gasteiger partial charge is 0.497 e. The van der Waals surface area contributed by atoms with Crippen molar-refractivity contribution in [1.82, 2.24) is 4.90 Å². The van der Waals surface area contributed by atoms with Gasteiger partial charge in [-0.25, -0.2) is 0 Å². The number of fused-ring (bicyclic) bond motifs is 1. The number of hydrogen-bond donors (Lipinski definition) is 1. The number of methoxy groups -OCH3 is 1. The third kappa shape index (κ3) is 5.49. The van der Waals surface area contributed by atoms with Gasteiger partial charge in [-0.2, -0.15) is 0 Å². The molecule has 0 bridgehead atoms. The zero-order chi connectivity index (χ0) is 19.1. The fraction of sp³-hybridized carbons (Fsp3) is 0.364. The van der Waals surface area contributed by atoms with Crippen molar-refractivity contribution < 1.29 is 19.3 Å². The first-order valence-electron chi connectivity index (χ1n) is 9.20. The van der Waals surface area contributed by atoms with Crippen LogP contribution in [0.2, 0.25) is 0 Å². The molecule has 1 heterocycles. The smallest absolute Gasteiger partial charge is 0.231 e. The second kappa shape index (κ2) is 9.44. The normalized spacial score (nSPS) is 13.6. The second-order valence-corrected chi connectivity index (χ2v) is 6.73. The Labute approximate surface area is 160 Å². The average Bonchev–Trinajstić information content (AvgIpc) is 3.14. The van der Waals surface area contributed by atoms with Crippen molar-refractivity contribution in [2.75, 3.05) is 20.4 Å². The summed E-state index contributed by atoms with van der Waals surface area (Å²) in [6.07, 6.45) is 2.97. The van der Waals surface area contributed by atoms with Gasteiger partial charge in [0.1, 0.15) is 5.75 Å². The van der Waals surface area contributed by atoms with Crippen LogP contribution in [0.4, 0.5) is 0 Å². The van der Waals surface area contributed by atoms with Crippen LogP contribution < -0.4 is 14.2 Å². The molecule has 0 aliphatic carbocycles.